The Morgan fingerprint density at radius 3 is 2.14 bits per heavy atom. The third-order valence-electron chi connectivity index (χ3n) is 5.63. The first kappa shape index (κ1) is 45.1. The second kappa shape index (κ2) is 19.1. The van der Waals surface area contributed by atoms with Crippen molar-refractivity contribution in [2.75, 3.05) is 24.9 Å². The fraction of sp³-hybridized carbons (Fsp3) is 0.357. The molecule has 16 nitrogen and oxygen atoms in total. The molecule has 0 radical (unpaired) electrons. The van der Waals surface area contributed by atoms with E-state index in [4.69, 9.17) is 58.5 Å². The van der Waals surface area contributed by atoms with Crippen LogP contribution in [0.15, 0.2) is 46.3 Å². The van der Waals surface area contributed by atoms with Crippen molar-refractivity contribution in [3.63, 3.8) is 0 Å². The molecule has 0 fully saturated rings. The number of aliphatic carboxylic acids is 2. The van der Waals surface area contributed by atoms with Gasteiger partial charge in [0.15, 0.2) is 6.10 Å². The first-order valence-corrected chi connectivity index (χ1v) is 17.6. The van der Waals surface area contributed by atoms with Crippen LogP contribution < -0.4 is 21.5 Å². The highest BCUT2D eigenvalue weighted by molar-refractivity contribution is 7.98. The monoisotopic (exact) mass is 805 g/mol. The topological polar surface area (TPSA) is 253 Å². The summed E-state index contributed by atoms with van der Waals surface area (Å²) in [5.74, 6) is 2.04. The van der Waals surface area contributed by atoms with Crippen LogP contribution >= 0.6 is 42.6 Å². The van der Waals surface area contributed by atoms with Crippen LogP contribution in [0.3, 0.4) is 0 Å². The predicted molar refractivity (Wildman–Crippen MR) is 180 cm³/mol. The van der Waals surface area contributed by atoms with Crippen molar-refractivity contribution in [3.8, 4) is 11.5 Å². The summed E-state index contributed by atoms with van der Waals surface area (Å²) in [6, 6.07) is 6.33. The van der Waals surface area contributed by atoms with E-state index in [0.717, 1.165) is 29.8 Å². The number of carboxylic acids is 2. The number of rotatable bonds is 10. The number of hydrogen-bond acceptors (Lipinski definition) is 12. The molecule has 2 aromatic carbocycles. The normalized spacial score (nSPS) is 12.0. The molecule has 1 atom stereocenters. The van der Waals surface area contributed by atoms with Gasteiger partial charge in [0.2, 0.25) is 5.16 Å². The number of nitrogens with two attached hydrogens (primary N) is 1. The van der Waals surface area contributed by atoms with E-state index < -0.39 is 56.2 Å². The van der Waals surface area contributed by atoms with Crippen LogP contribution in [-0.4, -0.2) is 78.0 Å². The number of nitrogens with zero attached hydrogens (tertiary/aromatic N) is 3. The molecule has 0 spiro atoms. The highest BCUT2D eigenvalue weighted by Crippen LogP contribution is 2.37. The van der Waals surface area contributed by atoms with E-state index in [-0.39, 0.29) is 38.1 Å². The van der Waals surface area contributed by atoms with E-state index in [1.807, 2.05) is 20.8 Å². The lowest BCUT2D eigenvalue weighted by atomic mass is 9.93. The van der Waals surface area contributed by atoms with Crippen molar-refractivity contribution < 1.29 is 61.6 Å². The first-order chi connectivity index (χ1) is 23.3. The van der Waals surface area contributed by atoms with Gasteiger partial charge in [-0.1, -0.05) is 55.7 Å². The SMILES string of the molecule is CSc1nnc(C(C)(C)C)c(=O)n1N.C[C@H](OC(=O)c1cc(Oc2ccc(C(F)(F)F)cc2Cl)ccc1Cl)C(=O)O.O=C(O)CNCP(=O)(O)O. The van der Waals surface area contributed by atoms with Gasteiger partial charge in [0, 0.05) is 5.41 Å². The maximum absolute atomic E-state index is 12.7. The number of benzene rings is 2. The smallest absolute Gasteiger partial charge is 0.416 e. The van der Waals surface area contributed by atoms with Gasteiger partial charge in [0.05, 0.1) is 34.0 Å². The van der Waals surface area contributed by atoms with Crippen LogP contribution in [0.1, 0.15) is 49.3 Å². The lowest BCUT2D eigenvalue weighted by molar-refractivity contribution is -0.146. The quantitative estimate of drug-likeness (QED) is 0.0708. The fourth-order valence-corrected chi connectivity index (χ4v) is 4.41. The van der Waals surface area contributed by atoms with Gasteiger partial charge >= 0.3 is 31.7 Å². The lowest BCUT2D eigenvalue weighted by Crippen LogP contribution is -2.37. The standard InChI is InChI=1S/C17H11Cl2F3O5.C8H14N4OS.C3H8NO5P/c1-8(15(23)24)26-16(25)11-7-10(3-4-12(11)18)27-14-5-2-9(6-13(14)19)17(20,21)22;1-8(2,3)5-6(13)12(9)7(14-4)11-10-5;5-3(6)1-4-2-10(7,8)9/h2-8H,1H3,(H,23,24);9H2,1-4H3;4H,1-2H2,(H,5,6)(H2,7,8,9)/t8-;;/m0../s1. The number of carbonyl (C=O) groups excluding carboxylic acids is 1. The summed E-state index contributed by atoms with van der Waals surface area (Å²) in [7, 11) is -4.10. The number of aromatic nitrogens is 3. The minimum Gasteiger partial charge on any atom is -0.480 e. The number of alkyl halides is 3. The first-order valence-electron chi connectivity index (χ1n) is 13.8. The molecule has 0 aliphatic carbocycles. The largest absolute Gasteiger partial charge is 0.480 e. The molecule has 0 aliphatic heterocycles. The molecule has 3 rings (SSSR count). The summed E-state index contributed by atoms with van der Waals surface area (Å²) in [5, 5.41) is 26.7. The number of carbonyl (C=O) groups is 3. The number of thioether (sulfide) groups is 1. The van der Waals surface area contributed by atoms with Crippen LogP contribution in [0.4, 0.5) is 13.2 Å². The van der Waals surface area contributed by atoms with Crippen molar-refractivity contribution >= 4 is 60.5 Å². The summed E-state index contributed by atoms with van der Waals surface area (Å²) < 4.78 is 59.2. The molecule has 0 amide bonds. The Bertz CT molecular complexity index is 1820. The molecular formula is C28H33Cl2F3N5O11PS. The second-order valence-electron chi connectivity index (χ2n) is 10.9. The molecule has 0 saturated carbocycles. The minimum atomic E-state index is -4.56. The number of nitrogen functional groups attached to an aromatic ring is 1. The van der Waals surface area contributed by atoms with E-state index in [1.165, 1.54) is 23.9 Å². The summed E-state index contributed by atoms with van der Waals surface area (Å²) >= 11 is 13.0. The maximum atomic E-state index is 12.7. The Labute approximate surface area is 302 Å². The molecule has 0 unspecified atom stereocenters. The van der Waals surface area contributed by atoms with Crippen molar-refractivity contribution in [2.24, 2.45) is 0 Å². The van der Waals surface area contributed by atoms with Crippen molar-refractivity contribution in [1.29, 1.82) is 0 Å². The fourth-order valence-electron chi connectivity index (χ4n) is 3.19. The van der Waals surface area contributed by atoms with Gasteiger partial charge in [-0.2, -0.15) is 17.8 Å². The van der Waals surface area contributed by atoms with Crippen LogP contribution in [0, 0.1) is 0 Å². The summed E-state index contributed by atoms with van der Waals surface area (Å²) in [5.41, 5.74) is -1.34. The number of halogens is 5. The Hall–Kier alpha value is -3.91. The van der Waals surface area contributed by atoms with Crippen LogP contribution in [0.5, 0.6) is 11.5 Å². The Morgan fingerprint density at radius 1 is 1.06 bits per heavy atom. The van der Waals surface area contributed by atoms with Crippen LogP contribution in [-0.2, 0) is 30.5 Å². The predicted octanol–water partition coefficient (Wildman–Crippen LogP) is 4.60. The van der Waals surface area contributed by atoms with E-state index in [1.54, 1.807) is 6.26 Å². The number of hydrogen-bond donors (Lipinski definition) is 6. The number of ether oxygens (including phenoxy) is 2. The number of nitrogens with one attached hydrogen (secondary N) is 1. The Balaban J connectivity index is 0.000000450. The highest BCUT2D eigenvalue weighted by Gasteiger charge is 2.31. The molecule has 7 N–H and O–H groups in total. The van der Waals surface area contributed by atoms with Gasteiger partial charge < -0.3 is 35.3 Å². The molecule has 0 bridgehead atoms. The molecule has 0 saturated heterocycles. The summed E-state index contributed by atoms with van der Waals surface area (Å²) in [4.78, 5) is 60.7. The molecule has 0 aliphatic rings. The molecule has 1 aromatic heterocycles. The van der Waals surface area contributed by atoms with E-state index in [9.17, 15) is 36.9 Å². The minimum absolute atomic E-state index is 0.0246. The highest BCUT2D eigenvalue weighted by atomic mass is 35.5. The zero-order valence-corrected chi connectivity index (χ0v) is 30.5. The van der Waals surface area contributed by atoms with Gasteiger partial charge in [-0.25, -0.2) is 9.59 Å². The van der Waals surface area contributed by atoms with E-state index in [0.29, 0.717) is 16.9 Å². The molecule has 3 aromatic rings. The third-order valence-corrected chi connectivity index (χ3v) is 7.53. The van der Waals surface area contributed by atoms with Gasteiger partial charge in [-0.15, -0.1) is 10.2 Å². The van der Waals surface area contributed by atoms with Gasteiger partial charge in [-0.3, -0.25) is 19.5 Å². The third kappa shape index (κ3) is 15.5. The molecule has 51 heavy (non-hydrogen) atoms. The second-order valence-corrected chi connectivity index (χ2v) is 14.1. The van der Waals surface area contributed by atoms with Crippen LogP contribution in [0.25, 0.3) is 0 Å². The van der Waals surface area contributed by atoms with Crippen molar-refractivity contribution in [3.05, 3.63) is 73.6 Å². The van der Waals surface area contributed by atoms with Crippen molar-refractivity contribution in [2.45, 2.75) is 50.5 Å². The molecular weight excluding hydrogens is 773 g/mol. The lowest BCUT2D eigenvalue weighted by Gasteiger charge is -2.16. The van der Waals surface area contributed by atoms with Gasteiger partial charge in [-0.05, 0) is 49.6 Å². The zero-order valence-electron chi connectivity index (χ0n) is 27.3. The summed E-state index contributed by atoms with van der Waals surface area (Å²) in [6.45, 7) is 6.42. The molecule has 282 valence electrons. The summed E-state index contributed by atoms with van der Waals surface area (Å²) in [6.07, 6.45) is -4.76. The number of carboxylic acid groups (broad SMARTS) is 2. The maximum Gasteiger partial charge on any atom is 0.416 e. The Kier molecular flexibility index (Phi) is 16.9. The average Bonchev–Trinajstić information content (AvgIpc) is 2.99. The number of esters is 1. The zero-order chi connectivity index (χ0) is 39.5. The van der Waals surface area contributed by atoms with E-state index in [2.05, 4.69) is 15.5 Å². The average molecular weight is 807 g/mol. The van der Waals surface area contributed by atoms with Gasteiger partial charge in [0.1, 0.15) is 17.2 Å². The Morgan fingerprint density at radius 2 is 1.67 bits per heavy atom. The van der Waals surface area contributed by atoms with Crippen LogP contribution in [0.2, 0.25) is 10.0 Å². The molecule has 23 heteroatoms. The molecule has 1 heterocycles. The van der Waals surface area contributed by atoms with E-state index >= 15 is 0 Å². The van der Waals surface area contributed by atoms with Crippen molar-refractivity contribution in [1.82, 2.24) is 20.2 Å². The van der Waals surface area contributed by atoms with Gasteiger partial charge in [0.25, 0.3) is 5.56 Å².